The van der Waals surface area contributed by atoms with E-state index in [4.69, 9.17) is 10.00 Å². The fourth-order valence-corrected chi connectivity index (χ4v) is 3.61. The van der Waals surface area contributed by atoms with Gasteiger partial charge in [0.05, 0.1) is 0 Å². The van der Waals surface area contributed by atoms with Crippen LogP contribution >= 0.6 is 0 Å². The third-order valence-corrected chi connectivity index (χ3v) is 4.91. The van der Waals surface area contributed by atoms with Crippen molar-refractivity contribution < 1.29 is 9.53 Å². The summed E-state index contributed by atoms with van der Waals surface area (Å²) in [6.45, 7) is 2.15. The molecule has 0 unspecified atom stereocenters. The minimum atomic E-state index is -0.282. The molecule has 2 aromatic rings. The van der Waals surface area contributed by atoms with Gasteiger partial charge in [-0.1, -0.05) is 0 Å². The monoisotopic (exact) mass is 357 g/mol. The molecule has 2 rings (SSSR count). The second kappa shape index (κ2) is 8.19. The Bertz CT molecular complexity index is 700. The summed E-state index contributed by atoms with van der Waals surface area (Å²) in [6, 6.07) is 19.1. The Kier molecular flexibility index (Phi) is 5.97. The third-order valence-electron chi connectivity index (χ3n) is 2.79. The van der Waals surface area contributed by atoms with E-state index in [0.717, 1.165) is 10.0 Å². The predicted molar refractivity (Wildman–Crippen MR) is 87.6 cm³/mol. The molecule has 0 saturated heterocycles. The van der Waals surface area contributed by atoms with E-state index in [2.05, 4.69) is 6.07 Å². The average Bonchev–Trinajstić information content (AvgIpc) is 2.56. The maximum atomic E-state index is 12.1. The summed E-state index contributed by atoms with van der Waals surface area (Å²) in [4.78, 5) is 12.1. The SMILES string of the molecule is CCOC(=O)/C(=C\c1ccc(C#N)cc1)[Se]c1ccccc1. The molecule has 22 heavy (non-hydrogen) atoms. The molecule has 0 aliphatic rings. The van der Waals surface area contributed by atoms with Crippen molar-refractivity contribution in [3.8, 4) is 6.07 Å². The zero-order valence-corrected chi connectivity index (χ0v) is 13.9. The molecular weight excluding hydrogens is 341 g/mol. The van der Waals surface area contributed by atoms with E-state index in [-0.39, 0.29) is 20.9 Å². The topological polar surface area (TPSA) is 50.1 Å². The van der Waals surface area contributed by atoms with E-state index in [1.54, 1.807) is 19.1 Å². The molecule has 0 bridgehead atoms. The van der Waals surface area contributed by atoms with Crippen LogP contribution < -0.4 is 4.46 Å². The van der Waals surface area contributed by atoms with Gasteiger partial charge in [0.2, 0.25) is 0 Å². The summed E-state index contributed by atoms with van der Waals surface area (Å²) >= 11 is -0.124. The maximum absolute atomic E-state index is 12.1. The number of rotatable bonds is 5. The molecule has 0 fully saturated rings. The Hall–Kier alpha value is -2.34. The molecule has 0 aliphatic carbocycles. The standard InChI is InChI=1S/C18H15NO2Se/c1-2-21-18(20)17(22-16-6-4-3-5-7-16)12-14-8-10-15(13-19)11-9-14/h3-12H,2H2,1H3/b17-12+. The molecule has 0 amide bonds. The van der Waals surface area contributed by atoms with E-state index in [0.29, 0.717) is 16.6 Å². The van der Waals surface area contributed by atoms with Gasteiger partial charge in [0.1, 0.15) is 0 Å². The number of nitrogens with zero attached hydrogens (tertiary/aromatic N) is 1. The fraction of sp³-hybridized carbons (Fsp3) is 0.111. The van der Waals surface area contributed by atoms with Gasteiger partial charge in [-0.15, -0.1) is 0 Å². The second-order valence-corrected chi connectivity index (χ2v) is 6.72. The van der Waals surface area contributed by atoms with Crippen LogP contribution in [-0.2, 0) is 9.53 Å². The molecule has 4 heteroatoms. The van der Waals surface area contributed by atoms with Gasteiger partial charge in [0.25, 0.3) is 0 Å². The molecule has 0 aromatic heterocycles. The van der Waals surface area contributed by atoms with Crippen molar-refractivity contribution in [2.75, 3.05) is 6.61 Å². The number of hydrogen-bond donors (Lipinski definition) is 0. The molecule has 0 atom stereocenters. The van der Waals surface area contributed by atoms with Crippen molar-refractivity contribution in [3.05, 3.63) is 70.2 Å². The summed E-state index contributed by atoms with van der Waals surface area (Å²) in [7, 11) is 0. The number of benzene rings is 2. The number of hydrogen-bond acceptors (Lipinski definition) is 3. The number of carbonyl (C=O) groups excluding carboxylic acids is 1. The van der Waals surface area contributed by atoms with Gasteiger partial charge in [-0.2, -0.15) is 0 Å². The van der Waals surface area contributed by atoms with Gasteiger partial charge in [-0.3, -0.25) is 0 Å². The van der Waals surface area contributed by atoms with Gasteiger partial charge in [0, 0.05) is 0 Å². The first-order chi connectivity index (χ1) is 10.7. The van der Waals surface area contributed by atoms with Crippen LogP contribution in [0.1, 0.15) is 18.1 Å². The van der Waals surface area contributed by atoms with Crippen molar-refractivity contribution in [3.63, 3.8) is 0 Å². The van der Waals surface area contributed by atoms with Crippen LogP contribution in [0.5, 0.6) is 0 Å². The van der Waals surface area contributed by atoms with Crippen molar-refractivity contribution in [1.29, 1.82) is 5.26 Å². The predicted octanol–water partition coefficient (Wildman–Crippen LogP) is 2.49. The molecule has 0 N–H and O–H groups in total. The van der Waals surface area contributed by atoms with Crippen molar-refractivity contribution in [2.45, 2.75) is 6.92 Å². The third kappa shape index (κ3) is 4.59. The normalized spacial score (nSPS) is 10.8. The van der Waals surface area contributed by atoms with Gasteiger partial charge < -0.3 is 0 Å². The zero-order chi connectivity index (χ0) is 15.8. The van der Waals surface area contributed by atoms with E-state index < -0.39 is 0 Å². The summed E-state index contributed by atoms with van der Waals surface area (Å²) < 4.78 is 6.92. The average molecular weight is 356 g/mol. The van der Waals surface area contributed by atoms with Crippen LogP contribution in [0.25, 0.3) is 6.08 Å². The Labute approximate surface area is 136 Å². The first-order valence-electron chi connectivity index (χ1n) is 6.85. The molecule has 3 nitrogen and oxygen atoms in total. The number of ether oxygens (including phenoxy) is 1. The van der Waals surface area contributed by atoms with E-state index >= 15 is 0 Å². The van der Waals surface area contributed by atoms with Crippen molar-refractivity contribution in [2.24, 2.45) is 0 Å². The zero-order valence-electron chi connectivity index (χ0n) is 12.2. The Morgan fingerprint density at radius 2 is 1.86 bits per heavy atom. The molecule has 0 spiro atoms. The van der Waals surface area contributed by atoms with Crippen LogP contribution in [0, 0.1) is 11.3 Å². The van der Waals surface area contributed by atoms with Gasteiger partial charge in [0.15, 0.2) is 0 Å². The van der Waals surface area contributed by atoms with Gasteiger partial charge in [-0.05, 0) is 0 Å². The van der Waals surface area contributed by atoms with Crippen LogP contribution in [0.15, 0.2) is 59.1 Å². The van der Waals surface area contributed by atoms with Crippen LogP contribution in [0.4, 0.5) is 0 Å². The fourth-order valence-electron chi connectivity index (χ4n) is 1.75. The first-order valence-corrected chi connectivity index (χ1v) is 8.56. The van der Waals surface area contributed by atoms with Crippen molar-refractivity contribution in [1.82, 2.24) is 0 Å². The van der Waals surface area contributed by atoms with E-state index in [1.807, 2.05) is 48.5 Å². The molecule has 0 radical (unpaired) electrons. The van der Waals surface area contributed by atoms with E-state index in [1.165, 1.54) is 0 Å². The van der Waals surface area contributed by atoms with E-state index in [9.17, 15) is 4.79 Å². The molecule has 2 aromatic carbocycles. The van der Waals surface area contributed by atoms with Crippen LogP contribution in [-0.4, -0.2) is 27.5 Å². The number of esters is 1. The first kappa shape index (κ1) is 16.0. The van der Waals surface area contributed by atoms with Gasteiger partial charge >= 0.3 is 136 Å². The van der Waals surface area contributed by atoms with Gasteiger partial charge in [-0.25, -0.2) is 0 Å². The molecular formula is C18H15NO2Se. The second-order valence-electron chi connectivity index (χ2n) is 4.38. The van der Waals surface area contributed by atoms with Crippen LogP contribution in [0.2, 0.25) is 0 Å². The molecule has 110 valence electrons. The summed E-state index contributed by atoms with van der Waals surface area (Å²) in [5.41, 5.74) is 1.49. The quantitative estimate of drug-likeness (QED) is 0.470. The number of carbonyl (C=O) groups is 1. The minimum absolute atomic E-state index is 0.124. The summed E-state index contributed by atoms with van der Waals surface area (Å²) in [5.74, 6) is -0.282. The Morgan fingerprint density at radius 3 is 2.45 bits per heavy atom. The van der Waals surface area contributed by atoms with Crippen LogP contribution in [0.3, 0.4) is 0 Å². The number of nitriles is 1. The molecule has 0 heterocycles. The summed E-state index contributed by atoms with van der Waals surface area (Å²) in [5, 5.41) is 8.83. The summed E-state index contributed by atoms with van der Waals surface area (Å²) in [6.07, 6.45) is 1.84. The molecule has 0 saturated carbocycles. The Morgan fingerprint density at radius 1 is 1.18 bits per heavy atom. The Balaban J connectivity index is 2.28. The van der Waals surface area contributed by atoms with Crippen molar-refractivity contribution >= 4 is 31.5 Å². The molecule has 0 aliphatic heterocycles.